The Kier molecular flexibility index (Phi) is 2.66. The van der Waals surface area contributed by atoms with Gasteiger partial charge in [-0.3, -0.25) is 0 Å². The SMILES string of the molecule is Cc1nc(C(O)CCN)c2cccnn12. The molecule has 0 aliphatic carbocycles. The van der Waals surface area contributed by atoms with Gasteiger partial charge in [0.25, 0.3) is 0 Å². The highest BCUT2D eigenvalue weighted by atomic mass is 16.3. The number of aryl methyl sites for hydroxylation is 1. The summed E-state index contributed by atoms with van der Waals surface area (Å²) in [5.74, 6) is 0.775. The standard InChI is InChI=1S/C10H14N4O/c1-7-13-10(9(15)4-5-11)8-3-2-6-12-14(7)8/h2-3,6,9,15H,4-5,11H2,1H3. The predicted octanol–water partition coefficient (Wildman–Crippen LogP) is 0.420. The number of rotatable bonds is 3. The second-order valence-electron chi connectivity index (χ2n) is 3.46. The summed E-state index contributed by atoms with van der Waals surface area (Å²) in [6, 6.07) is 3.72. The molecule has 0 spiro atoms. The smallest absolute Gasteiger partial charge is 0.127 e. The summed E-state index contributed by atoms with van der Waals surface area (Å²) in [7, 11) is 0. The van der Waals surface area contributed by atoms with Gasteiger partial charge in [-0.15, -0.1) is 0 Å². The van der Waals surface area contributed by atoms with Crippen LogP contribution in [0.1, 0.15) is 24.0 Å². The Morgan fingerprint density at radius 1 is 1.60 bits per heavy atom. The summed E-state index contributed by atoms with van der Waals surface area (Å²) in [6.07, 6.45) is 1.60. The van der Waals surface area contributed by atoms with E-state index < -0.39 is 6.10 Å². The van der Waals surface area contributed by atoms with Crippen molar-refractivity contribution in [3.8, 4) is 0 Å². The van der Waals surface area contributed by atoms with Crippen LogP contribution in [0.2, 0.25) is 0 Å². The molecule has 0 aromatic carbocycles. The minimum absolute atomic E-state index is 0.444. The molecular formula is C10H14N4O. The van der Waals surface area contributed by atoms with E-state index in [-0.39, 0.29) is 0 Å². The zero-order chi connectivity index (χ0) is 10.8. The maximum atomic E-state index is 9.85. The van der Waals surface area contributed by atoms with Crippen molar-refractivity contribution in [2.24, 2.45) is 5.73 Å². The van der Waals surface area contributed by atoms with Crippen LogP contribution in [-0.2, 0) is 0 Å². The largest absolute Gasteiger partial charge is 0.387 e. The fourth-order valence-electron chi connectivity index (χ4n) is 1.64. The summed E-state index contributed by atoms with van der Waals surface area (Å²) in [5, 5.41) is 14.0. The molecule has 0 bridgehead atoms. The van der Waals surface area contributed by atoms with Crippen molar-refractivity contribution in [2.75, 3.05) is 6.54 Å². The third-order valence-corrected chi connectivity index (χ3v) is 2.36. The van der Waals surface area contributed by atoms with Gasteiger partial charge in [0.15, 0.2) is 0 Å². The Balaban J connectivity index is 2.52. The van der Waals surface area contributed by atoms with Crippen molar-refractivity contribution in [3.05, 3.63) is 29.8 Å². The first-order chi connectivity index (χ1) is 7.24. The highest BCUT2D eigenvalue weighted by Crippen LogP contribution is 2.20. The average Bonchev–Trinajstić information content (AvgIpc) is 2.58. The van der Waals surface area contributed by atoms with Gasteiger partial charge in [-0.25, -0.2) is 9.50 Å². The molecule has 1 unspecified atom stereocenters. The van der Waals surface area contributed by atoms with E-state index in [2.05, 4.69) is 10.1 Å². The molecule has 1 atom stereocenters. The predicted molar refractivity (Wildman–Crippen MR) is 56.4 cm³/mol. The van der Waals surface area contributed by atoms with Crippen LogP contribution in [0.25, 0.3) is 5.52 Å². The third-order valence-electron chi connectivity index (χ3n) is 2.36. The van der Waals surface area contributed by atoms with Crippen molar-refractivity contribution < 1.29 is 5.11 Å². The molecule has 2 aromatic rings. The number of aromatic nitrogens is 3. The van der Waals surface area contributed by atoms with Crippen molar-refractivity contribution >= 4 is 5.52 Å². The van der Waals surface area contributed by atoms with E-state index in [1.807, 2.05) is 19.1 Å². The van der Waals surface area contributed by atoms with Crippen molar-refractivity contribution in [3.63, 3.8) is 0 Å². The number of hydrogen-bond acceptors (Lipinski definition) is 4. The summed E-state index contributed by atoms with van der Waals surface area (Å²) in [4.78, 5) is 4.30. The monoisotopic (exact) mass is 206 g/mol. The first-order valence-corrected chi connectivity index (χ1v) is 4.92. The summed E-state index contributed by atoms with van der Waals surface area (Å²) in [5.41, 5.74) is 6.91. The van der Waals surface area contributed by atoms with Gasteiger partial charge >= 0.3 is 0 Å². The minimum atomic E-state index is -0.608. The number of fused-ring (bicyclic) bond motifs is 1. The van der Waals surface area contributed by atoms with Crippen LogP contribution in [0, 0.1) is 6.92 Å². The Bertz CT molecular complexity index is 465. The first-order valence-electron chi connectivity index (χ1n) is 4.92. The Hall–Kier alpha value is -1.46. The second-order valence-corrected chi connectivity index (χ2v) is 3.46. The zero-order valence-electron chi connectivity index (χ0n) is 8.59. The number of nitrogens with zero attached hydrogens (tertiary/aromatic N) is 3. The van der Waals surface area contributed by atoms with Crippen LogP contribution in [0.5, 0.6) is 0 Å². The van der Waals surface area contributed by atoms with E-state index in [9.17, 15) is 5.11 Å². The molecule has 5 nitrogen and oxygen atoms in total. The summed E-state index contributed by atoms with van der Waals surface area (Å²) < 4.78 is 1.72. The maximum absolute atomic E-state index is 9.85. The summed E-state index contributed by atoms with van der Waals surface area (Å²) in [6.45, 7) is 2.30. The van der Waals surface area contributed by atoms with Gasteiger partial charge in [0, 0.05) is 6.20 Å². The van der Waals surface area contributed by atoms with Gasteiger partial charge in [0.2, 0.25) is 0 Å². The van der Waals surface area contributed by atoms with E-state index in [0.29, 0.717) is 18.7 Å². The number of nitrogens with two attached hydrogens (primary N) is 1. The van der Waals surface area contributed by atoms with Gasteiger partial charge in [0.05, 0.1) is 17.3 Å². The lowest BCUT2D eigenvalue weighted by atomic mass is 10.1. The first kappa shape index (κ1) is 10.1. The minimum Gasteiger partial charge on any atom is -0.387 e. The Labute approximate surface area is 87.6 Å². The van der Waals surface area contributed by atoms with Crippen LogP contribution in [0.3, 0.4) is 0 Å². The average molecular weight is 206 g/mol. The lowest BCUT2D eigenvalue weighted by Crippen LogP contribution is -2.07. The molecule has 80 valence electrons. The van der Waals surface area contributed by atoms with E-state index in [0.717, 1.165) is 11.3 Å². The van der Waals surface area contributed by atoms with Gasteiger partial charge in [-0.1, -0.05) is 0 Å². The highest BCUT2D eigenvalue weighted by Gasteiger charge is 2.15. The fraction of sp³-hybridized carbons (Fsp3) is 0.400. The lowest BCUT2D eigenvalue weighted by Gasteiger charge is -2.05. The summed E-state index contributed by atoms with van der Waals surface area (Å²) >= 11 is 0. The molecule has 2 aromatic heterocycles. The van der Waals surface area contributed by atoms with Gasteiger partial charge in [0.1, 0.15) is 5.82 Å². The quantitative estimate of drug-likeness (QED) is 0.763. The molecule has 0 saturated heterocycles. The number of aliphatic hydroxyl groups excluding tert-OH is 1. The van der Waals surface area contributed by atoms with Gasteiger partial charge < -0.3 is 10.8 Å². The molecule has 0 aliphatic heterocycles. The van der Waals surface area contributed by atoms with E-state index in [1.165, 1.54) is 0 Å². The Morgan fingerprint density at radius 3 is 3.13 bits per heavy atom. The number of imidazole rings is 1. The molecule has 0 radical (unpaired) electrons. The van der Waals surface area contributed by atoms with Crippen LogP contribution in [0.15, 0.2) is 18.3 Å². The molecule has 2 rings (SSSR count). The lowest BCUT2D eigenvalue weighted by molar-refractivity contribution is 0.167. The highest BCUT2D eigenvalue weighted by molar-refractivity contribution is 5.52. The van der Waals surface area contributed by atoms with Crippen molar-refractivity contribution in [2.45, 2.75) is 19.4 Å². The molecule has 0 fully saturated rings. The molecule has 2 heterocycles. The topological polar surface area (TPSA) is 76.4 Å². The molecule has 0 saturated carbocycles. The van der Waals surface area contributed by atoms with Crippen molar-refractivity contribution in [1.82, 2.24) is 14.6 Å². The molecule has 0 amide bonds. The molecule has 0 aliphatic rings. The second kappa shape index (κ2) is 3.96. The van der Waals surface area contributed by atoms with E-state index in [1.54, 1.807) is 10.7 Å². The molecule has 5 heteroatoms. The van der Waals surface area contributed by atoms with Gasteiger partial charge in [-0.2, -0.15) is 5.10 Å². The fourth-order valence-corrected chi connectivity index (χ4v) is 1.64. The van der Waals surface area contributed by atoms with Crippen LogP contribution in [0.4, 0.5) is 0 Å². The van der Waals surface area contributed by atoms with Crippen LogP contribution >= 0.6 is 0 Å². The van der Waals surface area contributed by atoms with Crippen molar-refractivity contribution in [1.29, 1.82) is 0 Å². The molecule has 15 heavy (non-hydrogen) atoms. The maximum Gasteiger partial charge on any atom is 0.127 e. The molecular weight excluding hydrogens is 192 g/mol. The van der Waals surface area contributed by atoms with E-state index in [4.69, 9.17) is 5.73 Å². The Morgan fingerprint density at radius 2 is 2.40 bits per heavy atom. The number of aliphatic hydroxyl groups is 1. The van der Waals surface area contributed by atoms with Crippen LogP contribution in [-0.4, -0.2) is 26.2 Å². The van der Waals surface area contributed by atoms with Crippen LogP contribution < -0.4 is 5.73 Å². The third kappa shape index (κ3) is 1.71. The normalized spacial score (nSPS) is 13.3. The number of hydrogen-bond donors (Lipinski definition) is 2. The molecule has 3 N–H and O–H groups in total. The zero-order valence-corrected chi connectivity index (χ0v) is 8.59. The van der Waals surface area contributed by atoms with Gasteiger partial charge in [-0.05, 0) is 32.0 Å². The van der Waals surface area contributed by atoms with E-state index >= 15 is 0 Å².